The topological polar surface area (TPSA) is 94.6 Å². The lowest BCUT2D eigenvalue weighted by Crippen LogP contribution is -2.21. The van der Waals surface area contributed by atoms with Gasteiger partial charge in [-0.15, -0.1) is 0 Å². The SMILES string of the molecule is N#CC1=C(N)Oc2cc(OC(=O)COc3ccc(F)cc3)ccc2C1c1cccc(Br)c1. The summed E-state index contributed by atoms with van der Waals surface area (Å²) in [5.74, 6) is -0.511. The largest absolute Gasteiger partial charge is 0.482 e. The zero-order chi connectivity index (χ0) is 22.7. The number of nitrogens with zero attached hydrogens (tertiary/aromatic N) is 1. The summed E-state index contributed by atoms with van der Waals surface area (Å²) in [6, 6.07) is 19.9. The molecule has 0 saturated heterocycles. The lowest BCUT2D eigenvalue weighted by atomic mass is 9.83. The maximum absolute atomic E-state index is 12.9. The van der Waals surface area contributed by atoms with Gasteiger partial charge in [-0.2, -0.15) is 5.26 Å². The van der Waals surface area contributed by atoms with Crippen LogP contribution in [0.3, 0.4) is 0 Å². The monoisotopic (exact) mass is 494 g/mol. The fourth-order valence-corrected chi connectivity index (χ4v) is 3.78. The zero-order valence-electron chi connectivity index (χ0n) is 16.5. The number of hydrogen-bond donors (Lipinski definition) is 1. The van der Waals surface area contributed by atoms with Crippen molar-refractivity contribution in [2.24, 2.45) is 5.73 Å². The van der Waals surface area contributed by atoms with E-state index in [9.17, 15) is 14.4 Å². The molecule has 0 fully saturated rings. The van der Waals surface area contributed by atoms with Gasteiger partial charge in [-0.05, 0) is 48.0 Å². The van der Waals surface area contributed by atoms with Crippen molar-refractivity contribution in [2.75, 3.05) is 6.61 Å². The second-order valence-corrected chi connectivity index (χ2v) is 7.81. The second kappa shape index (κ2) is 9.12. The number of ether oxygens (including phenoxy) is 3. The van der Waals surface area contributed by atoms with Gasteiger partial charge in [0.15, 0.2) is 6.61 Å². The van der Waals surface area contributed by atoms with Gasteiger partial charge in [0.1, 0.15) is 34.7 Å². The first-order chi connectivity index (χ1) is 15.4. The van der Waals surface area contributed by atoms with Gasteiger partial charge in [-0.3, -0.25) is 0 Å². The minimum absolute atomic E-state index is 0.00639. The average molecular weight is 495 g/mol. The first-order valence-corrected chi connectivity index (χ1v) is 10.3. The number of allylic oxidation sites excluding steroid dienone is 1. The number of benzene rings is 3. The summed E-state index contributed by atoms with van der Waals surface area (Å²) < 4.78 is 30.1. The van der Waals surface area contributed by atoms with Gasteiger partial charge >= 0.3 is 5.97 Å². The van der Waals surface area contributed by atoms with Crippen molar-refractivity contribution in [1.82, 2.24) is 0 Å². The highest BCUT2D eigenvalue weighted by Gasteiger charge is 2.31. The van der Waals surface area contributed by atoms with E-state index in [0.717, 1.165) is 15.6 Å². The molecule has 0 aromatic heterocycles. The molecular weight excluding hydrogens is 479 g/mol. The van der Waals surface area contributed by atoms with E-state index in [4.69, 9.17) is 19.9 Å². The lowest BCUT2D eigenvalue weighted by Gasteiger charge is -2.26. The van der Waals surface area contributed by atoms with Crippen LogP contribution in [-0.2, 0) is 4.79 Å². The molecule has 8 heteroatoms. The zero-order valence-corrected chi connectivity index (χ0v) is 18.1. The van der Waals surface area contributed by atoms with E-state index in [-0.39, 0.29) is 18.2 Å². The van der Waals surface area contributed by atoms with Gasteiger partial charge in [0.25, 0.3) is 0 Å². The highest BCUT2D eigenvalue weighted by atomic mass is 79.9. The summed E-state index contributed by atoms with van der Waals surface area (Å²) in [5, 5.41) is 9.65. The number of carbonyl (C=O) groups is 1. The van der Waals surface area contributed by atoms with Crippen molar-refractivity contribution in [3.63, 3.8) is 0 Å². The number of halogens is 2. The molecule has 1 unspecified atom stereocenters. The molecule has 3 aromatic rings. The van der Waals surface area contributed by atoms with Crippen molar-refractivity contribution < 1.29 is 23.4 Å². The molecule has 3 aromatic carbocycles. The highest BCUT2D eigenvalue weighted by molar-refractivity contribution is 9.10. The molecule has 2 N–H and O–H groups in total. The summed E-state index contributed by atoms with van der Waals surface area (Å²) in [7, 11) is 0. The Hall–Kier alpha value is -3.83. The van der Waals surface area contributed by atoms with Gasteiger partial charge in [-0.25, -0.2) is 9.18 Å². The Morgan fingerprint density at radius 3 is 2.59 bits per heavy atom. The summed E-state index contributed by atoms with van der Waals surface area (Å²) in [5.41, 5.74) is 7.89. The normalized spacial score (nSPS) is 14.7. The highest BCUT2D eigenvalue weighted by Crippen LogP contribution is 2.43. The molecule has 6 nitrogen and oxygen atoms in total. The van der Waals surface area contributed by atoms with Crippen LogP contribution in [0.5, 0.6) is 17.2 Å². The van der Waals surface area contributed by atoms with Crippen molar-refractivity contribution in [2.45, 2.75) is 5.92 Å². The van der Waals surface area contributed by atoms with E-state index < -0.39 is 17.7 Å². The third-order valence-electron chi connectivity index (χ3n) is 4.77. The molecule has 0 amide bonds. The summed E-state index contributed by atoms with van der Waals surface area (Å²) in [6.45, 7) is -0.356. The van der Waals surface area contributed by atoms with Crippen LogP contribution in [0.2, 0.25) is 0 Å². The molecule has 32 heavy (non-hydrogen) atoms. The minimum atomic E-state index is -0.644. The fourth-order valence-electron chi connectivity index (χ4n) is 3.36. The predicted molar refractivity (Wildman–Crippen MR) is 117 cm³/mol. The Kier molecular flexibility index (Phi) is 6.10. The van der Waals surface area contributed by atoms with E-state index in [1.54, 1.807) is 12.1 Å². The van der Waals surface area contributed by atoms with E-state index >= 15 is 0 Å². The maximum Gasteiger partial charge on any atom is 0.349 e. The Morgan fingerprint density at radius 1 is 1.12 bits per heavy atom. The fraction of sp³-hybridized carbons (Fsp3) is 0.0833. The predicted octanol–water partition coefficient (Wildman–Crippen LogP) is 4.79. The van der Waals surface area contributed by atoms with E-state index in [1.807, 2.05) is 24.3 Å². The van der Waals surface area contributed by atoms with E-state index in [1.165, 1.54) is 30.3 Å². The molecule has 0 saturated carbocycles. The summed E-state index contributed by atoms with van der Waals surface area (Å²) >= 11 is 3.45. The van der Waals surface area contributed by atoms with Crippen LogP contribution in [0.4, 0.5) is 4.39 Å². The molecule has 0 aliphatic carbocycles. The van der Waals surface area contributed by atoms with Crippen molar-refractivity contribution in [3.05, 3.63) is 99.6 Å². The molecule has 1 aliphatic rings. The van der Waals surface area contributed by atoms with Crippen molar-refractivity contribution >= 4 is 21.9 Å². The Balaban J connectivity index is 1.54. The van der Waals surface area contributed by atoms with Gasteiger partial charge in [0, 0.05) is 16.1 Å². The number of rotatable bonds is 5. The lowest BCUT2D eigenvalue weighted by molar-refractivity contribution is -0.136. The van der Waals surface area contributed by atoms with Crippen LogP contribution < -0.4 is 19.9 Å². The number of hydrogen-bond acceptors (Lipinski definition) is 6. The van der Waals surface area contributed by atoms with Gasteiger partial charge in [0.2, 0.25) is 5.88 Å². The molecule has 1 heterocycles. The van der Waals surface area contributed by atoms with Crippen LogP contribution in [0.25, 0.3) is 0 Å². The molecule has 0 spiro atoms. The molecule has 4 rings (SSSR count). The van der Waals surface area contributed by atoms with Crippen LogP contribution in [0.15, 0.2) is 82.7 Å². The smallest absolute Gasteiger partial charge is 0.349 e. The van der Waals surface area contributed by atoms with Gasteiger partial charge < -0.3 is 19.9 Å². The first kappa shape index (κ1) is 21.4. The van der Waals surface area contributed by atoms with E-state index in [0.29, 0.717) is 17.1 Å². The minimum Gasteiger partial charge on any atom is -0.482 e. The van der Waals surface area contributed by atoms with Crippen LogP contribution in [0.1, 0.15) is 17.0 Å². The quantitative estimate of drug-likeness (QED) is 0.404. The number of nitrogens with two attached hydrogens (primary N) is 1. The maximum atomic E-state index is 12.9. The third kappa shape index (κ3) is 4.58. The van der Waals surface area contributed by atoms with Crippen LogP contribution >= 0.6 is 15.9 Å². The number of nitriles is 1. The van der Waals surface area contributed by atoms with E-state index in [2.05, 4.69) is 22.0 Å². The average Bonchev–Trinajstić information content (AvgIpc) is 2.77. The molecule has 1 atom stereocenters. The third-order valence-corrected chi connectivity index (χ3v) is 5.27. The first-order valence-electron chi connectivity index (χ1n) is 9.50. The van der Waals surface area contributed by atoms with Gasteiger partial charge in [-0.1, -0.05) is 34.1 Å². The number of fused-ring (bicyclic) bond motifs is 1. The van der Waals surface area contributed by atoms with Gasteiger partial charge in [0.05, 0.1) is 5.92 Å². The van der Waals surface area contributed by atoms with Crippen LogP contribution in [0, 0.1) is 17.1 Å². The molecule has 0 radical (unpaired) electrons. The summed E-state index contributed by atoms with van der Waals surface area (Å²) in [6.07, 6.45) is 0. The number of carbonyl (C=O) groups excluding carboxylic acids is 1. The standard InChI is InChI=1S/C24H16BrFN2O4/c25-15-3-1-2-14(10-15)23-19-9-8-18(11-21(19)32-24(28)20(23)12-27)31-22(29)13-30-17-6-4-16(26)5-7-17/h1-11,23H,13,28H2. The number of esters is 1. The Labute approximate surface area is 191 Å². The molecule has 0 bridgehead atoms. The molecule has 160 valence electrons. The second-order valence-electron chi connectivity index (χ2n) is 6.90. The molecule has 1 aliphatic heterocycles. The van der Waals surface area contributed by atoms with Crippen molar-refractivity contribution in [3.8, 4) is 23.3 Å². The molecular formula is C24H16BrFN2O4. The Morgan fingerprint density at radius 2 is 1.88 bits per heavy atom. The Bertz CT molecular complexity index is 1250. The summed E-state index contributed by atoms with van der Waals surface area (Å²) in [4.78, 5) is 12.2. The van der Waals surface area contributed by atoms with Crippen LogP contribution in [-0.4, -0.2) is 12.6 Å². The van der Waals surface area contributed by atoms with Crippen molar-refractivity contribution in [1.29, 1.82) is 5.26 Å².